The van der Waals surface area contributed by atoms with Crippen molar-refractivity contribution in [2.75, 3.05) is 0 Å². The van der Waals surface area contributed by atoms with Gasteiger partial charge in [0.1, 0.15) is 11.4 Å². The molecule has 0 N–H and O–H groups in total. The van der Waals surface area contributed by atoms with E-state index in [0.29, 0.717) is 6.07 Å². The summed E-state index contributed by atoms with van der Waals surface area (Å²) in [4.78, 5) is 23.7. The first-order valence-corrected chi connectivity index (χ1v) is 9.60. The van der Waals surface area contributed by atoms with Gasteiger partial charge < -0.3 is 0 Å². The predicted octanol–water partition coefficient (Wildman–Crippen LogP) is 5.46. The van der Waals surface area contributed by atoms with E-state index < -0.39 is 29.4 Å². The zero-order chi connectivity index (χ0) is 24.0. The monoisotopic (exact) mass is 484 g/mol. The highest BCUT2D eigenvalue weighted by Gasteiger charge is 2.34. The highest BCUT2D eigenvalue weighted by molar-refractivity contribution is 6.32. The maximum atomic E-state index is 13.3. The van der Waals surface area contributed by atoms with Gasteiger partial charge in [-0.15, -0.1) is 0 Å². The highest BCUT2D eigenvalue weighted by Crippen LogP contribution is 2.32. The van der Waals surface area contributed by atoms with Crippen LogP contribution in [0.25, 0.3) is 16.7 Å². The summed E-state index contributed by atoms with van der Waals surface area (Å²) in [5.74, 6) is 0. The van der Waals surface area contributed by atoms with Crippen LogP contribution in [0.5, 0.6) is 0 Å². The number of alkyl halides is 6. The molecular weight excluding hydrogens is 474 g/mol. The molecule has 0 aliphatic carbocycles. The molecule has 0 saturated carbocycles. The topological polar surface area (TPSA) is 60.7 Å². The molecule has 4 aromatic rings. The summed E-state index contributed by atoms with van der Waals surface area (Å²) >= 11 is 6.14. The van der Waals surface area contributed by atoms with Gasteiger partial charge in [0.05, 0.1) is 16.4 Å². The normalized spacial score (nSPS) is 12.3. The number of para-hydroxylation sites is 1. The van der Waals surface area contributed by atoms with Crippen molar-refractivity contribution < 1.29 is 26.3 Å². The van der Waals surface area contributed by atoms with Crippen molar-refractivity contribution in [3.8, 4) is 5.69 Å². The lowest BCUT2D eigenvalue weighted by molar-refractivity contribution is -0.141. The average Bonchev–Trinajstić information content (AvgIpc) is 2.73. The third-order valence-electron chi connectivity index (χ3n) is 4.69. The van der Waals surface area contributed by atoms with Crippen molar-refractivity contribution in [3.63, 3.8) is 0 Å². The van der Waals surface area contributed by atoms with Crippen LogP contribution in [0, 0.1) is 0 Å². The number of aromatic nitrogens is 4. The quantitative estimate of drug-likeness (QED) is 0.362. The van der Waals surface area contributed by atoms with Gasteiger partial charge in [0.15, 0.2) is 5.65 Å². The Morgan fingerprint density at radius 2 is 1.58 bits per heavy atom. The van der Waals surface area contributed by atoms with E-state index in [9.17, 15) is 31.1 Å². The maximum Gasteiger partial charge on any atom is 0.433 e. The summed E-state index contributed by atoms with van der Waals surface area (Å²) in [6.07, 6.45) is -8.81. The van der Waals surface area contributed by atoms with Crippen LogP contribution < -0.4 is 5.69 Å². The van der Waals surface area contributed by atoms with Crippen molar-refractivity contribution in [1.29, 1.82) is 0 Å². The van der Waals surface area contributed by atoms with E-state index in [1.165, 1.54) is 24.3 Å². The van der Waals surface area contributed by atoms with E-state index in [2.05, 4.69) is 15.0 Å². The molecule has 0 spiro atoms. The van der Waals surface area contributed by atoms with Gasteiger partial charge in [-0.1, -0.05) is 23.7 Å². The largest absolute Gasteiger partial charge is 0.433 e. The van der Waals surface area contributed by atoms with Crippen LogP contribution in [0.1, 0.15) is 22.6 Å². The molecule has 1 aromatic carbocycles. The van der Waals surface area contributed by atoms with Gasteiger partial charge in [-0.05, 0) is 42.0 Å². The second kappa shape index (κ2) is 8.14. The number of rotatable bonds is 3. The van der Waals surface area contributed by atoms with Crippen molar-refractivity contribution >= 4 is 22.6 Å². The number of fused-ring (bicyclic) bond motifs is 1. The lowest BCUT2D eigenvalue weighted by Crippen LogP contribution is -2.25. The van der Waals surface area contributed by atoms with Crippen molar-refractivity contribution in [2.45, 2.75) is 18.8 Å². The first-order valence-electron chi connectivity index (χ1n) is 9.22. The summed E-state index contributed by atoms with van der Waals surface area (Å²) < 4.78 is 79.8. The van der Waals surface area contributed by atoms with Crippen LogP contribution in [0.15, 0.2) is 59.5 Å². The summed E-state index contributed by atoms with van der Waals surface area (Å²) in [7, 11) is 0. The van der Waals surface area contributed by atoms with E-state index in [4.69, 9.17) is 11.6 Å². The fourth-order valence-electron chi connectivity index (χ4n) is 3.24. The van der Waals surface area contributed by atoms with E-state index in [1.54, 1.807) is 6.07 Å². The molecule has 0 amide bonds. The Hall–Kier alpha value is -3.47. The Balaban J connectivity index is 1.96. The number of pyridine rings is 2. The molecule has 3 heterocycles. The molecule has 0 saturated heterocycles. The summed E-state index contributed by atoms with van der Waals surface area (Å²) in [6, 6.07) is 9.80. The molecule has 33 heavy (non-hydrogen) atoms. The van der Waals surface area contributed by atoms with Crippen molar-refractivity contribution in [2.24, 2.45) is 0 Å². The van der Waals surface area contributed by atoms with Crippen LogP contribution in [-0.4, -0.2) is 19.5 Å². The number of nitrogens with zero attached hydrogens (tertiary/aromatic N) is 4. The Labute approximate surface area is 186 Å². The van der Waals surface area contributed by atoms with Gasteiger partial charge in [-0.2, -0.15) is 31.3 Å². The van der Waals surface area contributed by atoms with Gasteiger partial charge in [-0.25, -0.2) is 14.3 Å². The third-order valence-corrected chi connectivity index (χ3v) is 5.01. The zero-order valence-electron chi connectivity index (χ0n) is 16.2. The minimum Gasteiger partial charge on any atom is -0.252 e. The van der Waals surface area contributed by atoms with Gasteiger partial charge in [-0.3, -0.25) is 4.98 Å². The second-order valence-electron chi connectivity index (χ2n) is 6.92. The fraction of sp³-hybridized carbons (Fsp3) is 0.143. The molecule has 0 bridgehead atoms. The number of hydrogen-bond donors (Lipinski definition) is 0. The molecule has 12 heteroatoms. The summed E-state index contributed by atoms with van der Waals surface area (Å²) in [6.45, 7) is 0. The van der Waals surface area contributed by atoms with Crippen molar-refractivity contribution in [3.05, 3.63) is 92.9 Å². The smallest absolute Gasteiger partial charge is 0.252 e. The molecule has 0 atom stereocenters. The first kappa shape index (κ1) is 22.7. The Kier molecular flexibility index (Phi) is 5.61. The van der Waals surface area contributed by atoms with Gasteiger partial charge >= 0.3 is 18.0 Å². The van der Waals surface area contributed by atoms with E-state index in [1.807, 2.05) is 0 Å². The third kappa shape index (κ3) is 4.54. The minimum absolute atomic E-state index is 0.0427. The maximum absolute atomic E-state index is 13.3. The van der Waals surface area contributed by atoms with E-state index in [0.717, 1.165) is 22.9 Å². The average molecular weight is 485 g/mol. The molecule has 170 valence electrons. The van der Waals surface area contributed by atoms with Crippen LogP contribution in [0.3, 0.4) is 0 Å². The number of halogens is 7. The minimum atomic E-state index is -4.80. The molecule has 0 fully saturated rings. The zero-order valence-corrected chi connectivity index (χ0v) is 17.0. The van der Waals surface area contributed by atoms with Gasteiger partial charge in [0.2, 0.25) is 0 Å². The molecule has 5 nitrogen and oxygen atoms in total. The standard InChI is InChI=1S/C21H11ClF6N4O/c22-13-3-1-2-4-15(13)32-18-12(5-6-16(31-18)20(23,24)25)14(30-19(32)33)9-11-7-8-29-17(10-11)21(26,27)28/h1-8,10H,9H2. The Morgan fingerprint density at radius 3 is 2.24 bits per heavy atom. The molecule has 0 aliphatic rings. The molecule has 4 rings (SSSR count). The van der Waals surface area contributed by atoms with Gasteiger partial charge in [0.25, 0.3) is 0 Å². The Morgan fingerprint density at radius 1 is 0.879 bits per heavy atom. The number of hydrogen-bond acceptors (Lipinski definition) is 4. The lowest BCUT2D eigenvalue weighted by atomic mass is 10.1. The fourth-order valence-corrected chi connectivity index (χ4v) is 3.46. The molecule has 0 radical (unpaired) electrons. The van der Waals surface area contributed by atoms with Crippen LogP contribution in [0.2, 0.25) is 5.02 Å². The highest BCUT2D eigenvalue weighted by atomic mass is 35.5. The molecule has 0 unspecified atom stereocenters. The molecule has 0 aliphatic heterocycles. The summed E-state index contributed by atoms with van der Waals surface area (Å²) in [5, 5.41) is 0.117. The Bertz CT molecular complexity index is 1410. The van der Waals surface area contributed by atoms with Gasteiger partial charge in [0, 0.05) is 18.0 Å². The van der Waals surface area contributed by atoms with Crippen LogP contribution in [-0.2, 0) is 18.8 Å². The summed E-state index contributed by atoms with van der Waals surface area (Å²) in [5.41, 5.74) is -3.63. The predicted molar refractivity (Wildman–Crippen MR) is 107 cm³/mol. The molecule has 3 aromatic heterocycles. The van der Waals surface area contributed by atoms with E-state index >= 15 is 0 Å². The van der Waals surface area contributed by atoms with Crippen LogP contribution in [0.4, 0.5) is 26.3 Å². The molecular formula is C21H11ClF6N4O. The van der Waals surface area contributed by atoms with E-state index in [-0.39, 0.29) is 39.4 Å². The first-order chi connectivity index (χ1) is 15.4. The van der Waals surface area contributed by atoms with Crippen molar-refractivity contribution in [1.82, 2.24) is 19.5 Å². The van der Waals surface area contributed by atoms with Crippen LogP contribution >= 0.6 is 11.6 Å². The number of benzene rings is 1. The SMILES string of the molecule is O=c1nc(Cc2ccnc(C(F)(F)F)c2)c2ccc(C(F)(F)F)nc2n1-c1ccccc1Cl. The lowest BCUT2D eigenvalue weighted by Gasteiger charge is -2.15. The second-order valence-corrected chi connectivity index (χ2v) is 7.32.